The number of thiophene rings is 1. The van der Waals surface area contributed by atoms with E-state index in [1.165, 1.54) is 11.3 Å². The molecule has 0 amide bonds. The van der Waals surface area contributed by atoms with E-state index in [0.717, 1.165) is 11.4 Å². The van der Waals surface area contributed by atoms with Gasteiger partial charge in [-0.2, -0.15) is 0 Å². The first kappa shape index (κ1) is 15.4. The Hall–Kier alpha value is -2.49. The molecule has 0 radical (unpaired) electrons. The molecule has 0 spiro atoms. The fraction of sp³-hybridized carbons (Fsp3) is 0.125. The van der Waals surface area contributed by atoms with Crippen LogP contribution in [0, 0.1) is 6.57 Å². The zero-order valence-electron chi connectivity index (χ0n) is 11.9. The Morgan fingerprint density at radius 2 is 2.04 bits per heavy atom. The van der Waals surface area contributed by atoms with Gasteiger partial charge in [0, 0.05) is 12.8 Å². The summed E-state index contributed by atoms with van der Waals surface area (Å²) in [6.07, 6.45) is 2.68. The van der Waals surface area contributed by atoms with Crippen LogP contribution < -0.4 is 0 Å². The topological polar surface area (TPSA) is 52.1 Å². The standard InChI is InChI=1S/C16H11ClN4OS/c1-18-11-2-5-13(6-3-11)21-10-12(19-20-21)4-7-14(22)15-8-9-16(17)23-15/h2-3,5-6,8-10H,4,7H2. The highest BCUT2D eigenvalue weighted by atomic mass is 35.5. The van der Waals surface area contributed by atoms with Crippen molar-refractivity contribution in [3.05, 3.63) is 68.9 Å². The molecule has 0 fully saturated rings. The van der Waals surface area contributed by atoms with Gasteiger partial charge in [-0.1, -0.05) is 28.9 Å². The number of Topliss-reactive ketones (excluding diaryl/α,β-unsaturated/α-hetero) is 1. The van der Waals surface area contributed by atoms with Gasteiger partial charge in [0.25, 0.3) is 0 Å². The number of aryl methyl sites for hydroxylation is 1. The van der Waals surface area contributed by atoms with Gasteiger partial charge in [-0.3, -0.25) is 4.79 Å². The molecule has 0 unspecified atom stereocenters. The second-order valence-corrected chi connectivity index (χ2v) is 6.52. The van der Waals surface area contributed by atoms with Crippen molar-refractivity contribution in [1.29, 1.82) is 0 Å². The lowest BCUT2D eigenvalue weighted by Gasteiger charge is -1.99. The molecule has 0 aliphatic carbocycles. The van der Waals surface area contributed by atoms with Crippen LogP contribution in [-0.2, 0) is 6.42 Å². The Morgan fingerprint density at radius 3 is 2.70 bits per heavy atom. The molecule has 114 valence electrons. The maximum atomic E-state index is 12.0. The summed E-state index contributed by atoms with van der Waals surface area (Å²) in [5.74, 6) is 0.0536. The molecule has 0 saturated heterocycles. The van der Waals surface area contributed by atoms with Gasteiger partial charge >= 0.3 is 0 Å². The van der Waals surface area contributed by atoms with E-state index in [9.17, 15) is 4.79 Å². The lowest BCUT2D eigenvalue weighted by Crippen LogP contribution is -1.98. The smallest absolute Gasteiger partial charge is 0.187 e. The average Bonchev–Trinajstić information content (AvgIpc) is 3.22. The van der Waals surface area contributed by atoms with Crippen LogP contribution in [0.5, 0.6) is 0 Å². The summed E-state index contributed by atoms with van der Waals surface area (Å²) >= 11 is 7.12. The van der Waals surface area contributed by atoms with E-state index in [4.69, 9.17) is 18.2 Å². The Labute approximate surface area is 142 Å². The fourth-order valence-corrected chi connectivity index (χ4v) is 3.06. The van der Waals surface area contributed by atoms with Crippen LogP contribution in [0.15, 0.2) is 42.6 Å². The minimum absolute atomic E-state index is 0.0536. The van der Waals surface area contributed by atoms with Crippen LogP contribution in [-0.4, -0.2) is 20.8 Å². The molecule has 1 aromatic carbocycles. The number of rotatable bonds is 5. The second kappa shape index (κ2) is 6.73. The van der Waals surface area contributed by atoms with Gasteiger partial charge in [-0.25, -0.2) is 9.53 Å². The van der Waals surface area contributed by atoms with Crippen molar-refractivity contribution < 1.29 is 4.79 Å². The predicted octanol–water partition coefficient (Wildman–Crippen LogP) is 4.35. The number of nitrogens with zero attached hydrogens (tertiary/aromatic N) is 4. The maximum Gasteiger partial charge on any atom is 0.187 e. The minimum atomic E-state index is 0.0536. The fourth-order valence-electron chi connectivity index (χ4n) is 2.05. The van der Waals surface area contributed by atoms with Crippen LogP contribution in [0.3, 0.4) is 0 Å². The number of benzene rings is 1. The molecule has 0 saturated carbocycles. The summed E-state index contributed by atoms with van der Waals surface area (Å²) in [5.41, 5.74) is 2.15. The van der Waals surface area contributed by atoms with Crippen molar-refractivity contribution >= 4 is 34.4 Å². The number of halogens is 1. The summed E-state index contributed by atoms with van der Waals surface area (Å²) in [6, 6.07) is 10.5. The molecule has 23 heavy (non-hydrogen) atoms. The Morgan fingerprint density at radius 1 is 1.26 bits per heavy atom. The van der Waals surface area contributed by atoms with Crippen molar-refractivity contribution in [2.75, 3.05) is 0 Å². The molecule has 0 N–H and O–H groups in total. The zero-order valence-corrected chi connectivity index (χ0v) is 13.5. The third kappa shape index (κ3) is 3.65. The largest absolute Gasteiger partial charge is 0.293 e. The average molecular weight is 343 g/mol. The van der Waals surface area contributed by atoms with Crippen LogP contribution in [0.1, 0.15) is 21.8 Å². The van der Waals surface area contributed by atoms with Gasteiger partial charge in [-0.05, 0) is 24.3 Å². The number of carbonyl (C=O) groups excluding carboxylic acids is 1. The highest BCUT2D eigenvalue weighted by molar-refractivity contribution is 7.18. The second-order valence-electron chi connectivity index (χ2n) is 4.81. The number of hydrogen-bond donors (Lipinski definition) is 0. The van der Waals surface area contributed by atoms with Crippen molar-refractivity contribution in [2.24, 2.45) is 0 Å². The SMILES string of the molecule is [C-]#[N+]c1ccc(-n2cc(CCC(=O)c3ccc(Cl)s3)nn2)cc1. The van der Waals surface area contributed by atoms with Crippen molar-refractivity contribution in [1.82, 2.24) is 15.0 Å². The summed E-state index contributed by atoms with van der Waals surface area (Å²) in [7, 11) is 0. The molecule has 2 heterocycles. The van der Waals surface area contributed by atoms with Gasteiger partial charge in [0.1, 0.15) is 0 Å². The molecule has 3 rings (SSSR count). The van der Waals surface area contributed by atoms with E-state index in [1.54, 1.807) is 35.1 Å². The normalized spacial score (nSPS) is 10.4. The van der Waals surface area contributed by atoms with Gasteiger partial charge in [0.05, 0.1) is 33.4 Å². The Kier molecular flexibility index (Phi) is 4.51. The van der Waals surface area contributed by atoms with Gasteiger partial charge < -0.3 is 0 Å². The van der Waals surface area contributed by atoms with Crippen molar-refractivity contribution in [3.8, 4) is 5.69 Å². The van der Waals surface area contributed by atoms with Gasteiger partial charge in [-0.15, -0.1) is 16.4 Å². The van der Waals surface area contributed by atoms with Crippen molar-refractivity contribution in [2.45, 2.75) is 12.8 Å². The predicted molar refractivity (Wildman–Crippen MR) is 89.6 cm³/mol. The quantitative estimate of drug-likeness (QED) is 0.511. The van der Waals surface area contributed by atoms with E-state index < -0.39 is 0 Å². The number of ketones is 1. The van der Waals surface area contributed by atoms with E-state index in [1.807, 2.05) is 12.1 Å². The maximum absolute atomic E-state index is 12.0. The molecule has 5 nitrogen and oxygen atoms in total. The molecule has 0 aliphatic heterocycles. The first-order valence-electron chi connectivity index (χ1n) is 6.83. The third-order valence-electron chi connectivity index (χ3n) is 3.24. The first-order chi connectivity index (χ1) is 11.2. The summed E-state index contributed by atoms with van der Waals surface area (Å²) < 4.78 is 2.25. The van der Waals surface area contributed by atoms with E-state index in [2.05, 4.69) is 15.2 Å². The first-order valence-corrected chi connectivity index (χ1v) is 8.03. The third-order valence-corrected chi connectivity index (χ3v) is 4.51. The van der Waals surface area contributed by atoms with Crippen LogP contribution in [0.2, 0.25) is 4.34 Å². The zero-order chi connectivity index (χ0) is 16.2. The Bertz CT molecular complexity index is 876. The number of aromatic nitrogens is 3. The molecular weight excluding hydrogens is 332 g/mol. The van der Waals surface area contributed by atoms with E-state index in [-0.39, 0.29) is 5.78 Å². The molecule has 2 aromatic heterocycles. The highest BCUT2D eigenvalue weighted by Gasteiger charge is 2.11. The lowest BCUT2D eigenvalue weighted by molar-refractivity contribution is 0.0986. The van der Waals surface area contributed by atoms with Crippen molar-refractivity contribution in [3.63, 3.8) is 0 Å². The molecule has 3 aromatic rings. The Balaban J connectivity index is 1.65. The van der Waals surface area contributed by atoms with E-state index >= 15 is 0 Å². The summed E-state index contributed by atoms with van der Waals surface area (Å²) in [4.78, 5) is 16.1. The summed E-state index contributed by atoms with van der Waals surface area (Å²) in [5, 5.41) is 8.14. The molecular formula is C16H11ClN4OS. The minimum Gasteiger partial charge on any atom is -0.293 e. The lowest BCUT2D eigenvalue weighted by atomic mass is 10.1. The number of hydrogen-bond acceptors (Lipinski definition) is 4. The van der Waals surface area contributed by atoms with Crippen LogP contribution in [0.25, 0.3) is 10.5 Å². The van der Waals surface area contributed by atoms with E-state index in [0.29, 0.717) is 27.7 Å². The molecule has 7 heteroatoms. The van der Waals surface area contributed by atoms with Crippen LogP contribution >= 0.6 is 22.9 Å². The van der Waals surface area contributed by atoms with Gasteiger partial charge in [0.2, 0.25) is 0 Å². The molecule has 0 aliphatic rings. The molecule has 0 atom stereocenters. The van der Waals surface area contributed by atoms with Gasteiger partial charge in [0.15, 0.2) is 11.5 Å². The highest BCUT2D eigenvalue weighted by Crippen LogP contribution is 2.23. The summed E-state index contributed by atoms with van der Waals surface area (Å²) in [6.45, 7) is 6.94. The molecule has 0 bridgehead atoms. The van der Waals surface area contributed by atoms with Crippen LogP contribution in [0.4, 0.5) is 5.69 Å². The monoisotopic (exact) mass is 342 g/mol. The number of carbonyl (C=O) groups is 1.